The van der Waals surface area contributed by atoms with Crippen LogP contribution in [-0.2, 0) is 0 Å². The Bertz CT molecular complexity index is 315. The van der Waals surface area contributed by atoms with E-state index in [-0.39, 0.29) is 11.1 Å². The van der Waals surface area contributed by atoms with Crippen molar-refractivity contribution in [2.75, 3.05) is 6.61 Å². The minimum absolute atomic E-state index is 0.00519. The van der Waals surface area contributed by atoms with Crippen molar-refractivity contribution in [2.45, 2.75) is 13.0 Å². The number of nitrogens with two attached hydrogens (primary N) is 1. The Morgan fingerprint density at radius 1 is 1.38 bits per heavy atom. The molecule has 0 saturated carbocycles. The third-order valence-corrected chi connectivity index (χ3v) is 1.90. The first-order valence-electron chi connectivity index (χ1n) is 3.89. The number of aryl methyl sites for hydroxylation is 1. The van der Waals surface area contributed by atoms with Crippen molar-refractivity contribution >= 4 is 0 Å². The van der Waals surface area contributed by atoms with E-state index in [0.29, 0.717) is 0 Å². The van der Waals surface area contributed by atoms with Crippen molar-refractivity contribution in [2.24, 2.45) is 5.73 Å². The van der Waals surface area contributed by atoms with Gasteiger partial charge in [-0.3, -0.25) is 0 Å². The van der Waals surface area contributed by atoms with Gasteiger partial charge < -0.3 is 10.8 Å². The lowest BCUT2D eigenvalue weighted by Crippen LogP contribution is -2.17. The molecule has 1 aromatic carbocycles. The van der Waals surface area contributed by atoms with Gasteiger partial charge in [0.2, 0.25) is 0 Å². The van der Waals surface area contributed by atoms with Gasteiger partial charge in [0.15, 0.2) is 11.6 Å². The predicted octanol–water partition coefficient (Wildman–Crippen LogP) is 1.27. The summed E-state index contributed by atoms with van der Waals surface area (Å²) < 4.78 is 26.1. The Balaban J connectivity index is 3.18. The van der Waals surface area contributed by atoms with Gasteiger partial charge in [0.1, 0.15) is 0 Å². The average molecular weight is 187 g/mol. The minimum Gasteiger partial charge on any atom is -0.394 e. The van der Waals surface area contributed by atoms with E-state index < -0.39 is 24.3 Å². The predicted molar refractivity (Wildman–Crippen MR) is 45.1 cm³/mol. The maximum Gasteiger partial charge on any atom is 0.163 e. The van der Waals surface area contributed by atoms with Crippen LogP contribution in [0.2, 0.25) is 0 Å². The van der Waals surface area contributed by atoms with Crippen molar-refractivity contribution in [3.8, 4) is 0 Å². The Morgan fingerprint density at radius 2 is 2.00 bits per heavy atom. The molecule has 0 amide bonds. The molecule has 1 aromatic rings. The summed E-state index contributed by atoms with van der Waals surface area (Å²) in [5, 5.41) is 8.66. The summed E-state index contributed by atoms with van der Waals surface area (Å²) in [5.74, 6) is -1.87. The van der Waals surface area contributed by atoms with Gasteiger partial charge in [0.05, 0.1) is 12.6 Å². The molecule has 72 valence electrons. The Labute approximate surface area is 75.0 Å². The van der Waals surface area contributed by atoms with Gasteiger partial charge in [0.25, 0.3) is 0 Å². The molecule has 1 atom stereocenters. The number of hydrogen-bond donors (Lipinski definition) is 2. The molecule has 0 radical (unpaired) electrons. The van der Waals surface area contributed by atoms with Gasteiger partial charge in [-0.1, -0.05) is 12.1 Å². The molecular weight excluding hydrogens is 176 g/mol. The summed E-state index contributed by atoms with van der Waals surface area (Å²) >= 11 is 0. The van der Waals surface area contributed by atoms with Gasteiger partial charge in [-0.2, -0.15) is 0 Å². The smallest absolute Gasteiger partial charge is 0.163 e. The van der Waals surface area contributed by atoms with Crippen LogP contribution in [0.25, 0.3) is 0 Å². The minimum atomic E-state index is -0.971. The molecule has 3 N–H and O–H groups in total. The van der Waals surface area contributed by atoms with Crippen LogP contribution in [0.15, 0.2) is 12.1 Å². The molecule has 0 aliphatic heterocycles. The first-order chi connectivity index (χ1) is 6.07. The summed E-state index contributed by atoms with van der Waals surface area (Å²) in [4.78, 5) is 0. The van der Waals surface area contributed by atoms with Gasteiger partial charge in [0, 0.05) is 5.56 Å². The summed E-state index contributed by atoms with van der Waals surface area (Å²) in [6.07, 6.45) is 0. The maximum absolute atomic E-state index is 13.1. The number of aliphatic hydroxyl groups excluding tert-OH is 1. The van der Waals surface area contributed by atoms with E-state index in [1.54, 1.807) is 0 Å². The molecule has 0 aliphatic rings. The molecule has 0 spiro atoms. The zero-order valence-corrected chi connectivity index (χ0v) is 7.22. The molecule has 2 nitrogen and oxygen atoms in total. The molecular formula is C9H11F2NO. The van der Waals surface area contributed by atoms with Crippen LogP contribution in [0, 0.1) is 18.6 Å². The van der Waals surface area contributed by atoms with E-state index in [1.165, 1.54) is 19.1 Å². The first-order valence-corrected chi connectivity index (χ1v) is 3.89. The highest BCUT2D eigenvalue weighted by Gasteiger charge is 2.15. The van der Waals surface area contributed by atoms with Crippen LogP contribution < -0.4 is 5.73 Å². The fourth-order valence-corrected chi connectivity index (χ4v) is 1.05. The third-order valence-electron chi connectivity index (χ3n) is 1.90. The number of benzene rings is 1. The van der Waals surface area contributed by atoms with Crippen molar-refractivity contribution in [3.05, 3.63) is 34.9 Å². The highest BCUT2D eigenvalue weighted by atomic mass is 19.2. The van der Waals surface area contributed by atoms with Gasteiger partial charge in [-0.15, -0.1) is 0 Å². The zero-order chi connectivity index (χ0) is 10.0. The molecule has 0 saturated heterocycles. The van der Waals surface area contributed by atoms with Crippen molar-refractivity contribution in [1.82, 2.24) is 0 Å². The summed E-state index contributed by atoms with van der Waals surface area (Å²) in [7, 11) is 0. The standard InChI is InChI=1S/C9H11F2NO/c1-5-2-3-6(7(12)4-13)9(11)8(5)10/h2-3,7,13H,4,12H2,1H3/t7-/m1/s1. The van der Waals surface area contributed by atoms with Gasteiger partial charge >= 0.3 is 0 Å². The largest absolute Gasteiger partial charge is 0.394 e. The van der Waals surface area contributed by atoms with E-state index >= 15 is 0 Å². The van der Waals surface area contributed by atoms with Crippen molar-refractivity contribution in [1.29, 1.82) is 0 Å². The summed E-state index contributed by atoms with van der Waals surface area (Å²) in [6, 6.07) is 1.95. The average Bonchev–Trinajstić information content (AvgIpc) is 2.13. The number of hydrogen-bond acceptors (Lipinski definition) is 2. The van der Waals surface area contributed by atoms with Crippen molar-refractivity contribution in [3.63, 3.8) is 0 Å². The zero-order valence-electron chi connectivity index (χ0n) is 7.22. The second kappa shape index (κ2) is 3.81. The first kappa shape index (κ1) is 10.1. The van der Waals surface area contributed by atoms with Crippen LogP contribution >= 0.6 is 0 Å². The quantitative estimate of drug-likeness (QED) is 0.732. The lowest BCUT2D eigenvalue weighted by atomic mass is 10.1. The van der Waals surface area contributed by atoms with E-state index in [9.17, 15) is 8.78 Å². The Morgan fingerprint density at radius 3 is 2.54 bits per heavy atom. The summed E-state index contributed by atoms with van der Waals surface area (Å²) in [6.45, 7) is 1.06. The van der Waals surface area contributed by atoms with Crippen molar-refractivity contribution < 1.29 is 13.9 Å². The topological polar surface area (TPSA) is 46.2 Å². The number of halogens is 2. The lowest BCUT2D eigenvalue weighted by Gasteiger charge is -2.10. The monoisotopic (exact) mass is 187 g/mol. The molecule has 4 heteroatoms. The molecule has 1 rings (SSSR count). The van der Waals surface area contributed by atoms with E-state index in [0.717, 1.165) is 0 Å². The molecule has 0 aromatic heterocycles. The number of aliphatic hydroxyl groups is 1. The van der Waals surface area contributed by atoms with E-state index in [1.807, 2.05) is 0 Å². The van der Waals surface area contributed by atoms with Crippen LogP contribution in [0.5, 0.6) is 0 Å². The highest BCUT2D eigenvalue weighted by molar-refractivity contribution is 5.27. The van der Waals surface area contributed by atoms with Crippen LogP contribution in [0.1, 0.15) is 17.2 Å². The van der Waals surface area contributed by atoms with Crippen LogP contribution in [0.4, 0.5) is 8.78 Å². The van der Waals surface area contributed by atoms with E-state index in [2.05, 4.69) is 0 Å². The molecule has 0 fully saturated rings. The lowest BCUT2D eigenvalue weighted by molar-refractivity contribution is 0.264. The fourth-order valence-electron chi connectivity index (χ4n) is 1.05. The maximum atomic E-state index is 13.1. The van der Waals surface area contributed by atoms with Gasteiger partial charge in [-0.25, -0.2) is 8.78 Å². The Kier molecular flexibility index (Phi) is 2.95. The second-order valence-corrected chi connectivity index (χ2v) is 2.89. The van der Waals surface area contributed by atoms with Crippen LogP contribution in [-0.4, -0.2) is 11.7 Å². The second-order valence-electron chi connectivity index (χ2n) is 2.89. The SMILES string of the molecule is Cc1ccc([C@H](N)CO)c(F)c1F. The molecule has 0 aliphatic carbocycles. The Hall–Kier alpha value is -1.00. The summed E-state index contributed by atoms with van der Waals surface area (Å²) in [5.41, 5.74) is 5.59. The molecule has 0 heterocycles. The fraction of sp³-hybridized carbons (Fsp3) is 0.333. The van der Waals surface area contributed by atoms with E-state index in [4.69, 9.17) is 10.8 Å². The molecule has 0 bridgehead atoms. The van der Waals surface area contributed by atoms with Crippen LogP contribution in [0.3, 0.4) is 0 Å². The van der Waals surface area contributed by atoms with Gasteiger partial charge in [-0.05, 0) is 12.5 Å². The third kappa shape index (κ3) is 1.84. The molecule has 0 unspecified atom stereocenters. The molecule has 13 heavy (non-hydrogen) atoms. The normalized spacial score (nSPS) is 13.0. The highest BCUT2D eigenvalue weighted by Crippen LogP contribution is 2.19. The number of rotatable bonds is 2.